The van der Waals surface area contributed by atoms with Crippen LogP contribution in [0.25, 0.3) is 0 Å². The summed E-state index contributed by atoms with van der Waals surface area (Å²) in [6.07, 6.45) is 3.40. The predicted octanol–water partition coefficient (Wildman–Crippen LogP) is 0.323. The zero-order chi connectivity index (χ0) is 9.84. The first-order valence-corrected chi connectivity index (χ1v) is 4.34. The van der Waals surface area contributed by atoms with E-state index in [0.717, 1.165) is 5.56 Å². The summed E-state index contributed by atoms with van der Waals surface area (Å²) >= 11 is 0. The molecule has 0 aliphatic carbocycles. The minimum absolute atomic E-state index is 0.307. The SMILES string of the molecule is CCC(O)Cn1cc(C)cnc1=O. The molecule has 0 radical (unpaired) electrons. The van der Waals surface area contributed by atoms with E-state index in [4.69, 9.17) is 0 Å². The molecule has 13 heavy (non-hydrogen) atoms. The van der Waals surface area contributed by atoms with E-state index in [2.05, 4.69) is 4.98 Å². The average molecular weight is 182 g/mol. The molecule has 1 unspecified atom stereocenters. The van der Waals surface area contributed by atoms with Gasteiger partial charge in [-0.1, -0.05) is 6.92 Å². The molecule has 0 saturated carbocycles. The van der Waals surface area contributed by atoms with Crippen LogP contribution < -0.4 is 5.69 Å². The van der Waals surface area contributed by atoms with Gasteiger partial charge in [0.2, 0.25) is 0 Å². The lowest BCUT2D eigenvalue weighted by atomic mass is 10.3. The van der Waals surface area contributed by atoms with Gasteiger partial charge in [-0.3, -0.25) is 4.57 Å². The highest BCUT2D eigenvalue weighted by atomic mass is 16.3. The van der Waals surface area contributed by atoms with Gasteiger partial charge in [-0.15, -0.1) is 0 Å². The smallest absolute Gasteiger partial charge is 0.347 e. The van der Waals surface area contributed by atoms with Crippen LogP contribution in [-0.4, -0.2) is 20.8 Å². The largest absolute Gasteiger partial charge is 0.391 e. The monoisotopic (exact) mass is 182 g/mol. The van der Waals surface area contributed by atoms with Gasteiger partial charge in [-0.2, -0.15) is 0 Å². The second kappa shape index (κ2) is 4.18. The summed E-state index contributed by atoms with van der Waals surface area (Å²) in [6, 6.07) is 0. The molecule has 1 rings (SSSR count). The van der Waals surface area contributed by atoms with Crippen molar-refractivity contribution in [3.63, 3.8) is 0 Å². The van der Waals surface area contributed by atoms with Crippen LogP contribution in [0.1, 0.15) is 18.9 Å². The van der Waals surface area contributed by atoms with E-state index in [0.29, 0.717) is 13.0 Å². The fourth-order valence-corrected chi connectivity index (χ4v) is 1.05. The van der Waals surface area contributed by atoms with Crippen molar-refractivity contribution in [3.05, 3.63) is 28.4 Å². The van der Waals surface area contributed by atoms with Crippen molar-refractivity contribution in [2.45, 2.75) is 32.9 Å². The number of aryl methyl sites for hydroxylation is 1. The molecule has 72 valence electrons. The quantitative estimate of drug-likeness (QED) is 0.732. The van der Waals surface area contributed by atoms with Crippen LogP contribution in [-0.2, 0) is 6.54 Å². The molecule has 4 heteroatoms. The molecule has 0 aliphatic rings. The summed E-state index contributed by atoms with van der Waals surface area (Å²) in [6.45, 7) is 4.06. The first kappa shape index (κ1) is 9.92. The summed E-state index contributed by atoms with van der Waals surface area (Å²) in [4.78, 5) is 14.8. The minimum atomic E-state index is -0.471. The van der Waals surface area contributed by atoms with Crippen LogP contribution in [0.2, 0.25) is 0 Å². The van der Waals surface area contributed by atoms with Gasteiger partial charge < -0.3 is 5.11 Å². The van der Waals surface area contributed by atoms with Crippen molar-refractivity contribution in [2.75, 3.05) is 0 Å². The number of hydrogen-bond acceptors (Lipinski definition) is 3. The summed E-state index contributed by atoms with van der Waals surface area (Å²) in [5, 5.41) is 9.34. The molecule has 0 aromatic carbocycles. The second-order valence-electron chi connectivity index (χ2n) is 3.13. The van der Waals surface area contributed by atoms with Gasteiger partial charge in [0, 0.05) is 12.4 Å². The van der Waals surface area contributed by atoms with Gasteiger partial charge in [0.1, 0.15) is 0 Å². The van der Waals surface area contributed by atoms with Crippen LogP contribution in [0.15, 0.2) is 17.2 Å². The molecule has 0 aliphatic heterocycles. The molecule has 0 saturated heterocycles. The highest BCUT2D eigenvalue weighted by Gasteiger charge is 2.03. The van der Waals surface area contributed by atoms with Crippen LogP contribution >= 0.6 is 0 Å². The van der Waals surface area contributed by atoms with E-state index >= 15 is 0 Å². The third-order valence-electron chi connectivity index (χ3n) is 1.86. The lowest BCUT2D eigenvalue weighted by molar-refractivity contribution is 0.148. The molecular weight excluding hydrogens is 168 g/mol. The topological polar surface area (TPSA) is 55.1 Å². The Morgan fingerprint density at radius 3 is 3.00 bits per heavy atom. The van der Waals surface area contributed by atoms with Gasteiger partial charge in [-0.05, 0) is 18.9 Å². The Hall–Kier alpha value is -1.16. The summed E-state index contributed by atoms with van der Waals surface area (Å²) in [5.41, 5.74) is 0.612. The van der Waals surface area contributed by atoms with E-state index in [9.17, 15) is 9.90 Å². The maximum absolute atomic E-state index is 11.2. The minimum Gasteiger partial charge on any atom is -0.391 e. The first-order chi connectivity index (χ1) is 6.13. The number of aliphatic hydroxyl groups excluding tert-OH is 1. The fourth-order valence-electron chi connectivity index (χ4n) is 1.05. The Labute approximate surface area is 76.9 Å². The second-order valence-corrected chi connectivity index (χ2v) is 3.13. The third-order valence-corrected chi connectivity index (χ3v) is 1.86. The van der Waals surface area contributed by atoms with Gasteiger partial charge in [0.25, 0.3) is 0 Å². The van der Waals surface area contributed by atoms with Crippen LogP contribution in [0.4, 0.5) is 0 Å². The molecule has 1 aromatic rings. The van der Waals surface area contributed by atoms with E-state index < -0.39 is 6.10 Å². The highest BCUT2D eigenvalue weighted by molar-refractivity contribution is 4.99. The molecule has 0 bridgehead atoms. The molecule has 0 amide bonds. The van der Waals surface area contributed by atoms with Crippen molar-refractivity contribution in [3.8, 4) is 0 Å². The average Bonchev–Trinajstić information content (AvgIpc) is 2.11. The molecule has 0 fully saturated rings. The molecule has 1 aromatic heterocycles. The normalized spacial score (nSPS) is 12.8. The lowest BCUT2D eigenvalue weighted by Gasteiger charge is -2.09. The van der Waals surface area contributed by atoms with Crippen molar-refractivity contribution in [1.82, 2.24) is 9.55 Å². The molecule has 1 atom stereocenters. The van der Waals surface area contributed by atoms with E-state index in [1.807, 2.05) is 13.8 Å². The summed E-state index contributed by atoms with van der Waals surface area (Å²) < 4.78 is 1.43. The summed E-state index contributed by atoms with van der Waals surface area (Å²) in [5.74, 6) is 0. The predicted molar refractivity (Wildman–Crippen MR) is 49.5 cm³/mol. The summed E-state index contributed by atoms with van der Waals surface area (Å²) in [7, 11) is 0. The number of rotatable bonds is 3. The molecule has 0 spiro atoms. The van der Waals surface area contributed by atoms with Gasteiger partial charge >= 0.3 is 5.69 Å². The van der Waals surface area contributed by atoms with Crippen LogP contribution in [0, 0.1) is 6.92 Å². The number of hydrogen-bond donors (Lipinski definition) is 1. The Kier molecular flexibility index (Phi) is 3.19. The zero-order valence-corrected chi connectivity index (χ0v) is 7.90. The van der Waals surface area contributed by atoms with Crippen molar-refractivity contribution in [2.24, 2.45) is 0 Å². The Morgan fingerprint density at radius 1 is 1.69 bits per heavy atom. The van der Waals surface area contributed by atoms with Gasteiger partial charge in [0.15, 0.2) is 0 Å². The maximum Gasteiger partial charge on any atom is 0.347 e. The van der Waals surface area contributed by atoms with Gasteiger partial charge in [0.05, 0.1) is 12.6 Å². The van der Waals surface area contributed by atoms with Crippen molar-refractivity contribution >= 4 is 0 Å². The van der Waals surface area contributed by atoms with Crippen LogP contribution in [0.5, 0.6) is 0 Å². The Morgan fingerprint density at radius 2 is 2.38 bits per heavy atom. The van der Waals surface area contributed by atoms with E-state index in [1.54, 1.807) is 6.20 Å². The van der Waals surface area contributed by atoms with E-state index in [-0.39, 0.29) is 5.69 Å². The number of aliphatic hydroxyl groups is 1. The van der Waals surface area contributed by atoms with E-state index in [1.165, 1.54) is 10.8 Å². The van der Waals surface area contributed by atoms with Crippen molar-refractivity contribution in [1.29, 1.82) is 0 Å². The van der Waals surface area contributed by atoms with Crippen molar-refractivity contribution < 1.29 is 5.11 Å². The zero-order valence-electron chi connectivity index (χ0n) is 7.90. The molecule has 1 N–H and O–H groups in total. The number of nitrogens with zero attached hydrogens (tertiary/aromatic N) is 2. The Balaban J connectivity index is 2.87. The molecular formula is C9H14N2O2. The Bertz CT molecular complexity index is 333. The lowest BCUT2D eigenvalue weighted by Crippen LogP contribution is -2.27. The molecule has 4 nitrogen and oxygen atoms in total. The van der Waals surface area contributed by atoms with Crippen LogP contribution in [0.3, 0.4) is 0 Å². The fraction of sp³-hybridized carbons (Fsp3) is 0.556. The standard InChI is InChI=1S/C9H14N2O2/c1-3-8(12)6-11-5-7(2)4-10-9(11)13/h4-5,8,12H,3,6H2,1-2H3. The maximum atomic E-state index is 11.2. The number of aromatic nitrogens is 2. The highest BCUT2D eigenvalue weighted by Crippen LogP contribution is 1.95. The first-order valence-electron chi connectivity index (χ1n) is 4.34. The van der Waals surface area contributed by atoms with Gasteiger partial charge in [-0.25, -0.2) is 9.78 Å². The third kappa shape index (κ3) is 2.66. The molecule has 1 heterocycles.